The first kappa shape index (κ1) is 16.6. The highest BCUT2D eigenvalue weighted by Crippen LogP contribution is 2.09. The second kappa shape index (κ2) is 7.51. The lowest BCUT2D eigenvalue weighted by molar-refractivity contribution is -0.123. The molecular weight excluding hydrogens is 300 g/mol. The molecule has 0 saturated carbocycles. The maximum Gasteiger partial charge on any atom is 0.256 e. The highest BCUT2D eigenvalue weighted by Gasteiger charge is 2.23. The number of H-pyrrole nitrogens is 1. The van der Waals surface area contributed by atoms with Crippen LogP contribution in [-0.2, 0) is 4.79 Å². The molecule has 0 radical (unpaired) electrons. The van der Waals surface area contributed by atoms with Crippen molar-refractivity contribution in [1.82, 2.24) is 20.1 Å². The van der Waals surface area contributed by atoms with Gasteiger partial charge in [-0.25, -0.2) is 0 Å². The summed E-state index contributed by atoms with van der Waals surface area (Å²) >= 11 is 5.15. The highest BCUT2D eigenvalue weighted by molar-refractivity contribution is 7.71. The lowest BCUT2D eigenvalue weighted by atomic mass is 10.2. The Bertz CT molecular complexity index is 591. The number of nitrogens with zero attached hydrogens (tertiary/aromatic N) is 2. The van der Waals surface area contributed by atoms with Gasteiger partial charge in [0, 0.05) is 38.4 Å². The van der Waals surface area contributed by atoms with Crippen LogP contribution >= 0.6 is 12.2 Å². The van der Waals surface area contributed by atoms with Gasteiger partial charge in [-0.15, -0.1) is 0 Å². The monoisotopic (exact) mass is 322 g/mol. The number of hydrogen-bond donors (Lipinski definition) is 2. The zero-order valence-corrected chi connectivity index (χ0v) is 13.8. The zero-order chi connectivity index (χ0) is 16.1. The van der Waals surface area contributed by atoms with Crippen LogP contribution in [0.1, 0.15) is 24.2 Å². The Kier molecular flexibility index (Phi) is 5.68. The molecule has 6 nitrogen and oxygen atoms in total. The second-order valence-electron chi connectivity index (χ2n) is 5.70. The predicted octanol–water partition coefficient (Wildman–Crippen LogP) is 1.03. The van der Waals surface area contributed by atoms with E-state index >= 15 is 0 Å². The van der Waals surface area contributed by atoms with Crippen molar-refractivity contribution in [2.75, 3.05) is 32.7 Å². The number of pyridine rings is 1. The van der Waals surface area contributed by atoms with Crippen molar-refractivity contribution in [1.29, 1.82) is 0 Å². The fourth-order valence-corrected chi connectivity index (χ4v) is 2.66. The van der Waals surface area contributed by atoms with E-state index in [0.29, 0.717) is 42.9 Å². The molecule has 2 heterocycles. The first-order valence-electron chi connectivity index (χ1n) is 7.46. The van der Waals surface area contributed by atoms with Gasteiger partial charge in [-0.1, -0.05) is 12.2 Å². The van der Waals surface area contributed by atoms with E-state index in [-0.39, 0.29) is 17.9 Å². The van der Waals surface area contributed by atoms with Crippen molar-refractivity contribution < 1.29 is 9.59 Å². The summed E-state index contributed by atoms with van der Waals surface area (Å²) in [6.45, 7) is 6.87. The molecule has 0 atom stereocenters. The molecule has 1 aliphatic heterocycles. The molecule has 1 aromatic rings. The number of aromatic amines is 1. The van der Waals surface area contributed by atoms with Crippen LogP contribution in [0, 0.1) is 4.64 Å². The molecule has 7 heteroatoms. The summed E-state index contributed by atoms with van der Waals surface area (Å²) in [6, 6.07) is 3.66. The Balaban J connectivity index is 1.87. The van der Waals surface area contributed by atoms with E-state index in [0.717, 1.165) is 0 Å². The molecule has 22 heavy (non-hydrogen) atoms. The van der Waals surface area contributed by atoms with Gasteiger partial charge in [0.25, 0.3) is 5.91 Å². The third kappa shape index (κ3) is 4.38. The van der Waals surface area contributed by atoms with E-state index < -0.39 is 0 Å². The van der Waals surface area contributed by atoms with E-state index in [9.17, 15) is 9.59 Å². The average Bonchev–Trinajstić information content (AvgIpc) is 2.47. The molecular formula is C15H22N4O2S. The summed E-state index contributed by atoms with van der Waals surface area (Å²) in [5.74, 6) is -0.0200. The van der Waals surface area contributed by atoms with Crippen LogP contribution in [0.25, 0.3) is 0 Å². The van der Waals surface area contributed by atoms with Crippen LogP contribution in [0.3, 0.4) is 0 Å². The largest absolute Gasteiger partial charge is 0.353 e. The molecule has 1 saturated heterocycles. The average molecular weight is 322 g/mol. The number of hydrogen-bond acceptors (Lipinski definition) is 4. The maximum atomic E-state index is 12.4. The van der Waals surface area contributed by atoms with E-state index in [4.69, 9.17) is 12.2 Å². The van der Waals surface area contributed by atoms with Crippen LogP contribution in [0.15, 0.2) is 18.3 Å². The number of carbonyl (C=O) groups is 2. The van der Waals surface area contributed by atoms with Crippen molar-refractivity contribution in [3.05, 3.63) is 28.5 Å². The zero-order valence-electron chi connectivity index (χ0n) is 13.0. The predicted molar refractivity (Wildman–Crippen MR) is 87.2 cm³/mol. The van der Waals surface area contributed by atoms with Crippen LogP contribution < -0.4 is 5.32 Å². The van der Waals surface area contributed by atoms with Gasteiger partial charge in [-0.05, 0) is 26.0 Å². The molecule has 2 amide bonds. The number of rotatable bonds is 4. The molecule has 1 aliphatic rings. The van der Waals surface area contributed by atoms with Gasteiger partial charge in [-0.2, -0.15) is 0 Å². The first-order valence-corrected chi connectivity index (χ1v) is 7.87. The number of nitrogens with one attached hydrogen (secondary N) is 2. The number of amides is 2. The van der Waals surface area contributed by atoms with Gasteiger partial charge < -0.3 is 15.2 Å². The molecule has 0 spiro atoms. The summed E-state index contributed by atoms with van der Waals surface area (Å²) in [7, 11) is 0. The Morgan fingerprint density at radius 3 is 2.59 bits per heavy atom. The van der Waals surface area contributed by atoms with Gasteiger partial charge >= 0.3 is 0 Å². The second-order valence-corrected chi connectivity index (χ2v) is 6.11. The molecule has 120 valence electrons. The molecule has 2 N–H and O–H groups in total. The minimum absolute atomic E-state index is 0.0280. The molecule has 0 unspecified atom stereocenters. The van der Waals surface area contributed by atoms with Gasteiger partial charge in [0.2, 0.25) is 5.91 Å². The molecule has 2 rings (SSSR count). The Morgan fingerprint density at radius 1 is 1.32 bits per heavy atom. The smallest absolute Gasteiger partial charge is 0.256 e. The quantitative estimate of drug-likeness (QED) is 0.813. The number of aromatic nitrogens is 1. The van der Waals surface area contributed by atoms with E-state index in [1.807, 2.05) is 13.8 Å². The van der Waals surface area contributed by atoms with Crippen LogP contribution in [0.5, 0.6) is 0 Å². The Hall–Kier alpha value is -1.73. The van der Waals surface area contributed by atoms with Crippen molar-refractivity contribution in [2.24, 2.45) is 0 Å². The van der Waals surface area contributed by atoms with Gasteiger partial charge in [0.1, 0.15) is 4.64 Å². The fourth-order valence-electron chi connectivity index (χ4n) is 2.44. The first-order chi connectivity index (χ1) is 10.5. The minimum atomic E-state index is -0.0480. The van der Waals surface area contributed by atoms with Crippen molar-refractivity contribution in [3.8, 4) is 0 Å². The van der Waals surface area contributed by atoms with Gasteiger partial charge in [0.15, 0.2) is 0 Å². The molecule has 1 aromatic heterocycles. The third-order valence-corrected chi connectivity index (χ3v) is 3.86. The summed E-state index contributed by atoms with van der Waals surface area (Å²) in [5, 5.41) is 2.88. The topological polar surface area (TPSA) is 68.4 Å². The van der Waals surface area contributed by atoms with Crippen molar-refractivity contribution in [3.63, 3.8) is 0 Å². The van der Waals surface area contributed by atoms with Crippen LogP contribution in [0.2, 0.25) is 0 Å². The molecule has 0 aliphatic carbocycles. The molecule has 0 bridgehead atoms. The summed E-state index contributed by atoms with van der Waals surface area (Å²) in [4.78, 5) is 30.9. The van der Waals surface area contributed by atoms with Gasteiger partial charge in [-0.3, -0.25) is 14.5 Å². The fraction of sp³-hybridized carbons (Fsp3) is 0.533. The van der Waals surface area contributed by atoms with Crippen molar-refractivity contribution in [2.45, 2.75) is 19.9 Å². The minimum Gasteiger partial charge on any atom is -0.353 e. The van der Waals surface area contributed by atoms with Crippen LogP contribution in [0.4, 0.5) is 0 Å². The highest BCUT2D eigenvalue weighted by atomic mass is 32.1. The molecule has 1 fully saturated rings. The van der Waals surface area contributed by atoms with E-state index in [1.165, 1.54) is 0 Å². The summed E-state index contributed by atoms with van der Waals surface area (Å²) < 4.78 is 0.464. The standard InChI is InChI=1S/C15H22N4O2S/c1-11(2)17-13(20)10-18-6-8-19(9-7-18)15(21)12-4-3-5-16-14(12)22/h3-5,11H,6-10H2,1-2H3,(H,16,22)(H,17,20). The van der Waals surface area contributed by atoms with E-state index in [2.05, 4.69) is 15.2 Å². The van der Waals surface area contributed by atoms with Crippen molar-refractivity contribution >= 4 is 24.0 Å². The summed E-state index contributed by atoms with van der Waals surface area (Å²) in [5.41, 5.74) is 0.531. The van der Waals surface area contributed by atoms with Crippen LogP contribution in [-0.4, -0.2) is 65.4 Å². The third-order valence-electron chi connectivity index (χ3n) is 3.52. The van der Waals surface area contributed by atoms with E-state index in [1.54, 1.807) is 23.2 Å². The summed E-state index contributed by atoms with van der Waals surface area (Å²) in [6.07, 6.45) is 1.71. The lowest BCUT2D eigenvalue weighted by Gasteiger charge is -2.34. The Labute approximate surface area is 135 Å². The Morgan fingerprint density at radius 2 is 2.00 bits per heavy atom. The number of carbonyl (C=O) groups excluding carboxylic acids is 2. The maximum absolute atomic E-state index is 12.4. The van der Waals surface area contributed by atoms with Gasteiger partial charge in [0.05, 0.1) is 12.1 Å². The molecule has 0 aromatic carbocycles. The number of piperazine rings is 1. The lowest BCUT2D eigenvalue weighted by Crippen LogP contribution is -2.51. The normalized spacial score (nSPS) is 15.9. The SMILES string of the molecule is CC(C)NC(=O)CN1CCN(C(=O)c2ccc[nH]c2=S)CC1.